The summed E-state index contributed by atoms with van der Waals surface area (Å²) in [5.41, 5.74) is 0.393. The van der Waals surface area contributed by atoms with E-state index in [1.807, 2.05) is 45.1 Å². The van der Waals surface area contributed by atoms with Crippen molar-refractivity contribution in [2.75, 3.05) is 27.9 Å². The van der Waals surface area contributed by atoms with Gasteiger partial charge < -0.3 is 43.9 Å². The number of esters is 1. The summed E-state index contributed by atoms with van der Waals surface area (Å²) in [6.07, 6.45) is 11.4. The lowest BCUT2D eigenvalue weighted by Crippen LogP contribution is -2.61. The van der Waals surface area contributed by atoms with Gasteiger partial charge in [0.2, 0.25) is 5.79 Å². The first-order valence-electron chi connectivity index (χ1n) is 23.8. The van der Waals surface area contributed by atoms with Crippen LogP contribution in [0.4, 0.5) is 0 Å². The Morgan fingerprint density at radius 1 is 0.875 bits per heavy atom. The number of hydrogen-bond acceptors (Lipinski definition) is 13. The smallest absolute Gasteiger partial charge is 0.329 e. The van der Waals surface area contributed by atoms with Gasteiger partial charge in [-0.05, 0) is 114 Å². The SMILES string of the molecule is CO[C@@H]1CC/C=C/C=C/[C@@H](C)C[C@@H](C)C(=O)[C@H](OC)[C@H](O)/C(C)=C/[C@@H](C)C(=O)C[C@@H]([C@H](C)C[C@H]2CC[C@@H](O)[C@H](OC)C2)OC(=O)[C@@H]2CCCCN2C(=O)C(=O)[C@]2(O)O[C@@H](CC[C@H]2C)C1. The van der Waals surface area contributed by atoms with Gasteiger partial charge >= 0.3 is 5.97 Å². The van der Waals surface area contributed by atoms with E-state index in [1.54, 1.807) is 41.1 Å². The van der Waals surface area contributed by atoms with E-state index in [-0.39, 0.29) is 60.9 Å². The average molecular weight is 902 g/mol. The molecule has 0 radical (unpaired) electrons. The van der Waals surface area contributed by atoms with Crippen molar-refractivity contribution in [1.82, 2.24) is 4.90 Å². The molecule has 0 spiro atoms. The van der Waals surface area contributed by atoms with Crippen molar-refractivity contribution in [2.24, 2.45) is 35.5 Å². The van der Waals surface area contributed by atoms with E-state index in [0.717, 1.165) is 6.42 Å². The third-order valence-electron chi connectivity index (χ3n) is 14.4. The number of amides is 1. The van der Waals surface area contributed by atoms with Crippen LogP contribution in [-0.4, -0.2) is 132 Å². The van der Waals surface area contributed by atoms with Crippen LogP contribution in [0.2, 0.25) is 0 Å². The molecule has 14 nitrogen and oxygen atoms in total. The maximum atomic E-state index is 14.3. The zero-order valence-electron chi connectivity index (χ0n) is 39.9. The van der Waals surface area contributed by atoms with E-state index < -0.39 is 77.8 Å². The molecule has 15 atom stereocenters. The van der Waals surface area contributed by atoms with Crippen LogP contribution in [0, 0.1) is 35.5 Å². The monoisotopic (exact) mass is 902 g/mol. The second kappa shape index (κ2) is 25.1. The summed E-state index contributed by atoms with van der Waals surface area (Å²) in [6.45, 7) is 10.9. The molecule has 64 heavy (non-hydrogen) atoms. The number of piperidine rings is 1. The van der Waals surface area contributed by atoms with Gasteiger partial charge in [0.25, 0.3) is 11.7 Å². The normalized spacial score (nSPS) is 40.1. The van der Waals surface area contributed by atoms with E-state index in [2.05, 4.69) is 0 Å². The van der Waals surface area contributed by atoms with Crippen LogP contribution < -0.4 is 0 Å². The lowest BCUT2D eigenvalue weighted by atomic mass is 9.78. The summed E-state index contributed by atoms with van der Waals surface area (Å²) in [5.74, 6) is -7.80. The van der Waals surface area contributed by atoms with Crippen molar-refractivity contribution in [3.05, 3.63) is 36.0 Å². The largest absolute Gasteiger partial charge is 0.460 e. The number of ether oxygens (including phenoxy) is 5. The molecule has 1 aliphatic carbocycles. The number of allylic oxidation sites excluding steroid dienone is 5. The van der Waals surface area contributed by atoms with Crippen LogP contribution in [0.25, 0.3) is 0 Å². The molecule has 14 heteroatoms. The molecule has 3 aliphatic heterocycles. The number of cyclic esters (lactones) is 1. The Hall–Kier alpha value is -3.11. The van der Waals surface area contributed by atoms with Crippen LogP contribution >= 0.6 is 0 Å². The maximum Gasteiger partial charge on any atom is 0.329 e. The summed E-state index contributed by atoms with van der Waals surface area (Å²) in [5, 5.41) is 33.8. The van der Waals surface area contributed by atoms with Crippen LogP contribution in [0.3, 0.4) is 0 Å². The van der Waals surface area contributed by atoms with Gasteiger partial charge in [-0.15, -0.1) is 0 Å². The minimum Gasteiger partial charge on any atom is -0.460 e. The number of methoxy groups -OCH3 is 3. The van der Waals surface area contributed by atoms with Gasteiger partial charge in [0, 0.05) is 52.0 Å². The molecule has 0 aromatic rings. The average Bonchev–Trinajstić information content (AvgIpc) is 3.27. The number of hydrogen-bond donors (Lipinski definition) is 3. The minimum absolute atomic E-state index is 0.0470. The van der Waals surface area contributed by atoms with Crippen molar-refractivity contribution in [3.8, 4) is 0 Å². The number of nitrogens with zero attached hydrogens (tertiary/aromatic N) is 1. The van der Waals surface area contributed by atoms with Crippen molar-refractivity contribution in [3.63, 3.8) is 0 Å². The second-order valence-electron chi connectivity index (χ2n) is 19.4. The van der Waals surface area contributed by atoms with Crippen LogP contribution in [0.1, 0.15) is 131 Å². The van der Waals surface area contributed by atoms with E-state index >= 15 is 0 Å². The summed E-state index contributed by atoms with van der Waals surface area (Å²) in [4.78, 5) is 71.6. The fraction of sp³-hybridized carbons (Fsp3) is 0.780. The number of ketones is 3. The highest BCUT2D eigenvalue weighted by atomic mass is 16.6. The van der Waals surface area contributed by atoms with Gasteiger partial charge in [0.1, 0.15) is 30.1 Å². The molecule has 3 heterocycles. The van der Waals surface area contributed by atoms with E-state index in [1.165, 1.54) is 12.0 Å². The van der Waals surface area contributed by atoms with Crippen molar-refractivity contribution >= 4 is 29.2 Å². The number of aliphatic hydroxyl groups is 3. The first-order chi connectivity index (χ1) is 30.3. The van der Waals surface area contributed by atoms with Crippen molar-refractivity contribution in [2.45, 2.75) is 186 Å². The van der Waals surface area contributed by atoms with Gasteiger partial charge in [-0.2, -0.15) is 0 Å². The first kappa shape index (κ1) is 53.5. The lowest BCUT2D eigenvalue weighted by molar-refractivity contribution is -0.266. The van der Waals surface area contributed by atoms with E-state index in [9.17, 15) is 39.3 Å². The van der Waals surface area contributed by atoms with Crippen LogP contribution in [0.5, 0.6) is 0 Å². The number of aliphatic hydroxyl groups excluding tert-OH is 2. The maximum absolute atomic E-state index is 14.3. The third kappa shape index (κ3) is 14.2. The number of Topliss-reactive ketones (excluding diaryl/α,β-unsaturated/α-hetero) is 3. The number of fused-ring (bicyclic) bond motifs is 3. The molecule has 3 N–H and O–H groups in total. The van der Waals surface area contributed by atoms with E-state index in [4.69, 9.17) is 23.7 Å². The fourth-order valence-corrected chi connectivity index (χ4v) is 10.1. The Morgan fingerprint density at radius 2 is 1.61 bits per heavy atom. The molecule has 2 bridgehead atoms. The second-order valence-corrected chi connectivity index (χ2v) is 19.4. The highest BCUT2D eigenvalue weighted by Gasteiger charge is 2.53. The Labute approximate surface area is 381 Å². The molecule has 4 aliphatic rings. The van der Waals surface area contributed by atoms with Gasteiger partial charge in [0.05, 0.1) is 24.4 Å². The highest BCUT2D eigenvalue weighted by Crippen LogP contribution is 2.37. The predicted molar refractivity (Wildman–Crippen MR) is 241 cm³/mol. The Morgan fingerprint density at radius 3 is 2.30 bits per heavy atom. The summed E-state index contributed by atoms with van der Waals surface area (Å²) in [7, 11) is 4.56. The minimum atomic E-state index is -2.40. The molecule has 0 aromatic heterocycles. The number of rotatable bonds is 6. The summed E-state index contributed by atoms with van der Waals surface area (Å²) < 4.78 is 29.3. The van der Waals surface area contributed by atoms with Crippen molar-refractivity contribution < 1.29 is 63.0 Å². The zero-order chi connectivity index (χ0) is 47.3. The van der Waals surface area contributed by atoms with Crippen molar-refractivity contribution in [1.29, 1.82) is 0 Å². The van der Waals surface area contributed by atoms with Gasteiger partial charge in [0.15, 0.2) is 5.78 Å². The lowest BCUT2D eigenvalue weighted by Gasteiger charge is -2.42. The highest BCUT2D eigenvalue weighted by molar-refractivity contribution is 6.39. The van der Waals surface area contributed by atoms with Crippen LogP contribution in [0.15, 0.2) is 36.0 Å². The molecule has 1 saturated carbocycles. The molecular weight excluding hydrogens is 823 g/mol. The third-order valence-corrected chi connectivity index (χ3v) is 14.4. The van der Waals surface area contributed by atoms with Gasteiger partial charge in [-0.25, -0.2) is 4.79 Å². The Balaban J connectivity index is 1.67. The van der Waals surface area contributed by atoms with Gasteiger partial charge in [-0.3, -0.25) is 19.2 Å². The molecule has 2 saturated heterocycles. The summed E-state index contributed by atoms with van der Waals surface area (Å²) in [6, 6.07) is -1.13. The quantitative estimate of drug-likeness (QED) is 0.159. The molecule has 362 valence electrons. The number of carbonyl (C=O) groups excluding carboxylic acids is 5. The van der Waals surface area contributed by atoms with Crippen LogP contribution in [-0.2, 0) is 47.7 Å². The molecule has 1 amide bonds. The predicted octanol–water partition coefficient (Wildman–Crippen LogP) is 6.01. The standard InChI is InChI=1S/C50H79NO13/c1-30-16-12-10-11-13-17-37(60-7)28-38-21-19-35(6)50(59,64-38)47(56)48(57)51-23-15-14-18-39(51)49(58)63-42(32(3)26-36-20-22-40(52)43(27-36)61-8)29-41(53)31(2)25-34(5)45(55)46(62-9)44(54)33(4)24-30/h10-12,16,25,30-33,35-40,42-43,45-46,52,55,59H,13-15,17-24,26-29H2,1-9H3/b11-10+,16-12+,34-25+/t30-,31-,32-,33-,35-,36-,37-,38+,39+,40-,42+,43-,45-,46+,50-/m1/s1. The molecule has 0 aromatic carbocycles. The molecular formula is C50H79NO13. The topological polar surface area (TPSA) is 195 Å². The molecule has 4 rings (SSSR count). The molecule has 3 fully saturated rings. The first-order valence-corrected chi connectivity index (χ1v) is 23.8. The fourth-order valence-electron chi connectivity index (χ4n) is 10.1. The summed E-state index contributed by atoms with van der Waals surface area (Å²) >= 11 is 0. The van der Waals surface area contributed by atoms with E-state index in [0.29, 0.717) is 76.2 Å². The number of carbonyl (C=O) groups is 5. The Kier molecular flexibility index (Phi) is 21.0. The zero-order valence-corrected chi connectivity index (χ0v) is 39.9. The molecule has 0 unspecified atom stereocenters. The van der Waals surface area contributed by atoms with Gasteiger partial charge in [-0.1, -0.05) is 65.0 Å². The Bertz CT molecular complexity index is 1660.